The number of hydrogen-bond acceptors (Lipinski definition) is 4. The van der Waals surface area contributed by atoms with Gasteiger partial charge in [-0.1, -0.05) is 11.6 Å². The van der Waals surface area contributed by atoms with Crippen LogP contribution in [0.1, 0.15) is 0 Å². The normalized spacial score (nSPS) is 18.1. The van der Waals surface area contributed by atoms with Crippen LogP contribution in [-0.2, 0) is 14.8 Å². The predicted octanol–water partition coefficient (Wildman–Crippen LogP) is 0.146. The number of rotatable bonds is 4. The first-order chi connectivity index (χ1) is 9.03. The number of sulfonamides is 1. The van der Waals surface area contributed by atoms with E-state index in [1.54, 1.807) is 12.1 Å². The summed E-state index contributed by atoms with van der Waals surface area (Å²) in [6, 6.07) is 4.51. The maximum absolute atomic E-state index is 12.0. The number of carbonyl (C=O) groups excluding carboxylic acids is 1. The molecule has 3 N–H and O–H groups in total. The number of guanidine groups is 1. The van der Waals surface area contributed by atoms with Gasteiger partial charge >= 0.3 is 0 Å². The number of amides is 1. The first-order valence-corrected chi connectivity index (χ1v) is 7.20. The lowest BCUT2D eigenvalue weighted by atomic mass is 10.3. The van der Waals surface area contributed by atoms with E-state index >= 15 is 0 Å². The number of carbonyl (C=O) groups is 1. The van der Waals surface area contributed by atoms with Gasteiger partial charge in [0.25, 0.3) is 10.0 Å². The van der Waals surface area contributed by atoms with E-state index in [-0.39, 0.29) is 17.4 Å². The van der Waals surface area contributed by atoms with Crippen LogP contribution in [0.3, 0.4) is 0 Å². The van der Waals surface area contributed by atoms with Gasteiger partial charge in [0.1, 0.15) is 4.90 Å². The molecule has 1 aromatic carbocycles. The molecule has 0 spiro atoms. The van der Waals surface area contributed by atoms with Crippen molar-refractivity contribution in [3.63, 3.8) is 0 Å². The highest BCUT2D eigenvalue weighted by Crippen LogP contribution is 2.27. The molecular weight excluding hydrogens is 292 g/mol. The highest BCUT2D eigenvalue weighted by Gasteiger charge is 2.26. The van der Waals surface area contributed by atoms with Crippen molar-refractivity contribution in [2.75, 3.05) is 18.4 Å². The van der Waals surface area contributed by atoms with Crippen LogP contribution in [0.2, 0.25) is 5.02 Å². The number of aliphatic imine (C=N–C) groups is 1. The number of hydrogen-bond donors (Lipinski definition) is 3. The molecule has 0 fully saturated rings. The van der Waals surface area contributed by atoms with Crippen molar-refractivity contribution in [1.82, 2.24) is 10.0 Å². The summed E-state index contributed by atoms with van der Waals surface area (Å²) in [5, 5.41) is 5.60. The Balaban J connectivity index is 2.23. The fraction of sp³-hybridized carbons (Fsp3) is 0.200. The Bertz CT molecular complexity index is 630. The van der Waals surface area contributed by atoms with E-state index in [0.717, 1.165) is 0 Å². The Morgan fingerprint density at radius 2 is 2.21 bits per heavy atom. The van der Waals surface area contributed by atoms with Gasteiger partial charge in [0.2, 0.25) is 12.4 Å². The van der Waals surface area contributed by atoms with Crippen LogP contribution in [0.4, 0.5) is 5.69 Å². The predicted molar refractivity (Wildman–Crippen MR) is 71.8 cm³/mol. The number of anilines is 1. The number of nitrogens with one attached hydrogen (secondary N) is 3. The lowest BCUT2D eigenvalue weighted by Gasteiger charge is -2.21. The third-order valence-electron chi connectivity index (χ3n) is 2.33. The summed E-state index contributed by atoms with van der Waals surface area (Å²) in [6.07, 6.45) is 0.552. The van der Waals surface area contributed by atoms with Crippen LogP contribution in [0.5, 0.6) is 0 Å². The van der Waals surface area contributed by atoms with Crippen LogP contribution >= 0.6 is 11.6 Å². The Hall–Kier alpha value is -1.80. The SMILES string of the molecule is O=CNCCN=C1Nc2ccc(Cl)cc2S(=O)(=O)N1. The standard InChI is InChI=1S/C10H11ClN4O3S/c11-7-1-2-8-9(5-7)19(17,18)15-10(14-8)13-4-3-12-6-16/h1-2,5-6H,3-4H2,(H,12,16)(H2,13,14,15). The van der Waals surface area contributed by atoms with E-state index < -0.39 is 10.0 Å². The van der Waals surface area contributed by atoms with Gasteiger partial charge in [0, 0.05) is 11.6 Å². The van der Waals surface area contributed by atoms with Gasteiger partial charge in [-0.05, 0) is 18.2 Å². The topological polar surface area (TPSA) is 99.7 Å². The summed E-state index contributed by atoms with van der Waals surface area (Å²) < 4.78 is 26.2. The van der Waals surface area contributed by atoms with E-state index in [1.165, 1.54) is 6.07 Å². The average Bonchev–Trinajstić information content (AvgIpc) is 2.35. The van der Waals surface area contributed by atoms with Gasteiger partial charge < -0.3 is 10.6 Å². The molecule has 19 heavy (non-hydrogen) atoms. The summed E-state index contributed by atoms with van der Waals surface area (Å²) in [4.78, 5) is 14.1. The average molecular weight is 303 g/mol. The highest BCUT2D eigenvalue weighted by molar-refractivity contribution is 7.90. The number of nitrogens with zero attached hydrogens (tertiary/aromatic N) is 1. The highest BCUT2D eigenvalue weighted by atomic mass is 35.5. The molecule has 1 aromatic rings. The Morgan fingerprint density at radius 1 is 1.42 bits per heavy atom. The van der Waals surface area contributed by atoms with Crippen LogP contribution < -0.4 is 15.4 Å². The second-order valence-corrected chi connectivity index (χ2v) is 5.76. The van der Waals surface area contributed by atoms with Gasteiger partial charge in [-0.3, -0.25) is 9.79 Å². The molecular formula is C10H11ClN4O3S. The minimum atomic E-state index is -3.67. The summed E-state index contributed by atoms with van der Waals surface area (Å²) in [6.45, 7) is 0.580. The summed E-state index contributed by atoms with van der Waals surface area (Å²) in [5.74, 6) is 0.113. The van der Waals surface area contributed by atoms with Crippen LogP contribution in [-0.4, -0.2) is 33.9 Å². The fourth-order valence-corrected chi connectivity index (χ4v) is 2.93. The Labute approximate surface area is 115 Å². The second kappa shape index (κ2) is 5.45. The molecule has 0 bridgehead atoms. The minimum absolute atomic E-state index is 0.0740. The van der Waals surface area contributed by atoms with Crippen molar-refractivity contribution in [2.24, 2.45) is 4.99 Å². The monoisotopic (exact) mass is 302 g/mol. The molecule has 0 unspecified atom stereocenters. The minimum Gasteiger partial charge on any atom is -0.357 e. The van der Waals surface area contributed by atoms with Gasteiger partial charge in [0.05, 0.1) is 12.2 Å². The molecule has 102 valence electrons. The molecule has 9 heteroatoms. The number of fused-ring (bicyclic) bond motifs is 1. The third-order valence-corrected chi connectivity index (χ3v) is 3.94. The van der Waals surface area contributed by atoms with Crippen molar-refractivity contribution in [2.45, 2.75) is 4.90 Å². The van der Waals surface area contributed by atoms with E-state index in [9.17, 15) is 13.2 Å². The molecule has 1 aliphatic rings. The molecule has 0 aliphatic carbocycles. The zero-order valence-corrected chi connectivity index (χ0v) is 11.3. The molecule has 0 saturated carbocycles. The molecule has 0 atom stereocenters. The summed E-state index contributed by atoms with van der Waals surface area (Å²) in [7, 11) is -3.67. The second-order valence-electron chi connectivity index (χ2n) is 3.67. The van der Waals surface area contributed by atoms with E-state index in [4.69, 9.17) is 11.6 Å². The maximum atomic E-state index is 12.0. The summed E-state index contributed by atoms with van der Waals surface area (Å²) >= 11 is 5.77. The van der Waals surface area contributed by atoms with Crippen molar-refractivity contribution in [3.8, 4) is 0 Å². The molecule has 7 nitrogen and oxygen atoms in total. The fourth-order valence-electron chi connectivity index (χ4n) is 1.52. The Morgan fingerprint density at radius 3 is 2.95 bits per heavy atom. The van der Waals surface area contributed by atoms with Crippen molar-refractivity contribution >= 4 is 39.7 Å². The number of halogens is 1. The molecule has 1 heterocycles. The van der Waals surface area contributed by atoms with Crippen molar-refractivity contribution in [1.29, 1.82) is 0 Å². The van der Waals surface area contributed by atoms with Gasteiger partial charge in [-0.15, -0.1) is 0 Å². The van der Waals surface area contributed by atoms with Gasteiger partial charge in [0.15, 0.2) is 0 Å². The molecule has 1 aliphatic heterocycles. The van der Waals surface area contributed by atoms with Crippen molar-refractivity contribution < 1.29 is 13.2 Å². The van der Waals surface area contributed by atoms with E-state index in [2.05, 4.69) is 20.3 Å². The quantitative estimate of drug-likeness (QED) is 0.544. The van der Waals surface area contributed by atoms with Gasteiger partial charge in [-0.25, -0.2) is 13.1 Å². The van der Waals surface area contributed by atoms with Crippen LogP contribution in [0.25, 0.3) is 0 Å². The Kier molecular flexibility index (Phi) is 3.91. The molecule has 0 radical (unpaired) electrons. The first kappa shape index (κ1) is 13.6. The van der Waals surface area contributed by atoms with E-state index in [0.29, 0.717) is 23.7 Å². The van der Waals surface area contributed by atoms with Crippen molar-refractivity contribution in [3.05, 3.63) is 23.2 Å². The first-order valence-electron chi connectivity index (χ1n) is 5.34. The zero-order chi connectivity index (χ0) is 13.9. The van der Waals surface area contributed by atoms with Crippen LogP contribution in [0, 0.1) is 0 Å². The zero-order valence-electron chi connectivity index (χ0n) is 9.68. The smallest absolute Gasteiger partial charge is 0.266 e. The molecule has 1 amide bonds. The summed E-state index contributed by atoms with van der Waals surface area (Å²) in [5.41, 5.74) is 0.408. The van der Waals surface area contributed by atoms with Crippen LogP contribution in [0.15, 0.2) is 28.1 Å². The lowest BCUT2D eigenvalue weighted by Crippen LogP contribution is -2.41. The van der Waals surface area contributed by atoms with E-state index in [1.807, 2.05) is 0 Å². The third kappa shape index (κ3) is 3.15. The lowest BCUT2D eigenvalue weighted by molar-refractivity contribution is -0.109. The van der Waals surface area contributed by atoms with Gasteiger partial charge in [-0.2, -0.15) is 0 Å². The largest absolute Gasteiger partial charge is 0.357 e. The maximum Gasteiger partial charge on any atom is 0.266 e. The molecule has 0 aromatic heterocycles. The molecule has 0 saturated heterocycles. The molecule has 2 rings (SSSR count). The number of benzene rings is 1.